The molecule has 1 amide bonds. The van der Waals surface area contributed by atoms with E-state index in [1.54, 1.807) is 47.9 Å². The summed E-state index contributed by atoms with van der Waals surface area (Å²) in [6.45, 7) is 1.70. The highest BCUT2D eigenvalue weighted by Gasteiger charge is 2.16. The van der Waals surface area contributed by atoms with Gasteiger partial charge in [0.25, 0.3) is 11.1 Å². The molecule has 0 aliphatic rings. The Morgan fingerprint density at radius 1 is 1.09 bits per heavy atom. The van der Waals surface area contributed by atoms with E-state index in [-0.39, 0.29) is 12.5 Å². The van der Waals surface area contributed by atoms with Crippen LogP contribution in [0.15, 0.2) is 30.7 Å². The number of thiazole rings is 1. The molecule has 0 aliphatic carbocycles. The maximum atomic E-state index is 12.3. The summed E-state index contributed by atoms with van der Waals surface area (Å²) >= 11 is 2.73. The fourth-order valence-electron chi connectivity index (χ4n) is 3.01. The topological polar surface area (TPSA) is 117 Å². The van der Waals surface area contributed by atoms with Crippen LogP contribution in [-0.2, 0) is 4.79 Å². The Morgan fingerprint density at radius 3 is 2.69 bits per heavy atom. The van der Waals surface area contributed by atoms with E-state index in [1.165, 1.54) is 22.7 Å². The molecule has 13 heteroatoms. The van der Waals surface area contributed by atoms with Gasteiger partial charge in [-0.2, -0.15) is 5.10 Å². The predicted molar refractivity (Wildman–Crippen MR) is 119 cm³/mol. The van der Waals surface area contributed by atoms with Crippen LogP contribution in [0.2, 0.25) is 0 Å². The van der Waals surface area contributed by atoms with Crippen LogP contribution in [0.4, 0.5) is 5.00 Å². The molecular weight excluding hydrogens is 454 g/mol. The van der Waals surface area contributed by atoms with Crippen molar-refractivity contribution in [3.63, 3.8) is 0 Å². The van der Waals surface area contributed by atoms with Crippen molar-refractivity contribution in [3.05, 3.63) is 35.7 Å². The van der Waals surface area contributed by atoms with Crippen LogP contribution in [0.5, 0.6) is 16.7 Å². The zero-order valence-corrected chi connectivity index (χ0v) is 18.9. The third-order valence-electron chi connectivity index (χ3n) is 4.45. The fraction of sp³-hybridized carbons (Fsp3) is 0.211. The smallest absolute Gasteiger partial charge is 0.294 e. The van der Waals surface area contributed by atoms with E-state index in [0.29, 0.717) is 43.6 Å². The molecular formula is C19H17N7O4S2. The first-order valence-electron chi connectivity index (χ1n) is 9.35. The zero-order chi connectivity index (χ0) is 22.2. The molecule has 11 nitrogen and oxygen atoms in total. The highest BCUT2D eigenvalue weighted by Crippen LogP contribution is 2.30. The number of rotatable bonds is 7. The lowest BCUT2D eigenvalue weighted by atomic mass is 10.3. The van der Waals surface area contributed by atoms with Gasteiger partial charge in [0, 0.05) is 6.07 Å². The number of nitrogens with one attached hydrogen (secondary N) is 1. The second kappa shape index (κ2) is 8.09. The van der Waals surface area contributed by atoms with Crippen molar-refractivity contribution >= 4 is 44.1 Å². The van der Waals surface area contributed by atoms with E-state index in [9.17, 15) is 4.79 Å². The first-order valence-corrected chi connectivity index (χ1v) is 11.0. The molecule has 0 saturated heterocycles. The van der Waals surface area contributed by atoms with E-state index in [4.69, 9.17) is 14.2 Å². The van der Waals surface area contributed by atoms with Gasteiger partial charge in [-0.05, 0) is 24.3 Å². The summed E-state index contributed by atoms with van der Waals surface area (Å²) in [5.41, 5.74) is 1.95. The van der Waals surface area contributed by atoms with Gasteiger partial charge in [0.2, 0.25) is 4.96 Å². The molecule has 32 heavy (non-hydrogen) atoms. The number of hydrogen-bond acceptors (Lipinski definition) is 10. The lowest BCUT2D eigenvalue weighted by molar-refractivity contribution is -0.118. The third-order valence-corrected chi connectivity index (χ3v) is 6.16. The highest BCUT2D eigenvalue weighted by molar-refractivity contribution is 7.18. The minimum absolute atomic E-state index is 0.176. The largest absolute Gasteiger partial charge is 0.495 e. The number of carbonyl (C=O) groups excluding carboxylic acids is 1. The molecule has 0 aromatic carbocycles. The SMILES string of the molecule is COc1cc(OCC(=O)Nc2cnc(C)s2)c2cc(-c3cn4nc(OC)sc4n3)nn2c1. The second-order valence-corrected chi connectivity index (χ2v) is 8.76. The summed E-state index contributed by atoms with van der Waals surface area (Å²) in [4.78, 5) is 21.7. The van der Waals surface area contributed by atoms with Gasteiger partial charge in [-0.15, -0.1) is 16.4 Å². The lowest BCUT2D eigenvalue weighted by Crippen LogP contribution is -2.19. The molecule has 0 aliphatic heterocycles. The van der Waals surface area contributed by atoms with Crippen molar-refractivity contribution in [3.8, 4) is 28.1 Å². The number of aromatic nitrogens is 6. The number of methoxy groups -OCH3 is 2. The molecule has 5 heterocycles. The number of carbonyl (C=O) groups is 1. The minimum atomic E-state index is -0.288. The summed E-state index contributed by atoms with van der Waals surface area (Å²) in [6, 6.07) is 3.55. The van der Waals surface area contributed by atoms with Crippen molar-refractivity contribution in [2.24, 2.45) is 0 Å². The summed E-state index contributed by atoms with van der Waals surface area (Å²) in [5.74, 6) is 0.709. The molecule has 0 unspecified atom stereocenters. The maximum Gasteiger partial charge on any atom is 0.294 e. The Morgan fingerprint density at radius 2 is 1.97 bits per heavy atom. The van der Waals surface area contributed by atoms with Crippen molar-refractivity contribution in [2.75, 3.05) is 26.1 Å². The summed E-state index contributed by atoms with van der Waals surface area (Å²) in [5, 5.41) is 13.7. The van der Waals surface area contributed by atoms with Crippen molar-refractivity contribution < 1.29 is 19.0 Å². The van der Waals surface area contributed by atoms with Crippen molar-refractivity contribution in [1.82, 2.24) is 29.2 Å². The number of amides is 1. The summed E-state index contributed by atoms with van der Waals surface area (Å²) < 4.78 is 19.6. The van der Waals surface area contributed by atoms with Crippen LogP contribution >= 0.6 is 22.7 Å². The minimum Gasteiger partial charge on any atom is -0.495 e. The molecule has 1 N–H and O–H groups in total. The fourth-order valence-corrected chi connectivity index (χ4v) is 4.41. The van der Waals surface area contributed by atoms with E-state index in [1.807, 2.05) is 13.0 Å². The maximum absolute atomic E-state index is 12.3. The van der Waals surface area contributed by atoms with E-state index in [2.05, 4.69) is 25.5 Å². The number of anilines is 1. The molecule has 0 radical (unpaired) electrons. The average molecular weight is 472 g/mol. The van der Waals surface area contributed by atoms with Crippen LogP contribution < -0.4 is 19.5 Å². The second-order valence-electron chi connectivity index (χ2n) is 6.61. The van der Waals surface area contributed by atoms with Gasteiger partial charge >= 0.3 is 0 Å². The summed E-state index contributed by atoms with van der Waals surface area (Å²) in [7, 11) is 3.12. The van der Waals surface area contributed by atoms with Crippen molar-refractivity contribution in [2.45, 2.75) is 6.92 Å². The molecule has 0 saturated carbocycles. The Labute approximate surface area is 189 Å². The lowest BCUT2D eigenvalue weighted by Gasteiger charge is -2.09. The Balaban J connectivity index is 1.41. The number of imidazole rings is 1. The first kappa shape index (κ1) is 20.2. The molecule has 5 rings (SSSR count). The van der Waals surface area contributed by atoms with Gasteiger partial charge in [-0.25, -0.2) is 19.0 Å². The van der Waals surface area contributed by atoms with Gasteiger partial charge in [0.05, 0.1) is 37.8 Å². The quantitative estimate of drug-likeness (QED) is 0.385. The molecule has 5 aromatic heterocycles. The van der Waals surface area contributed by atoms with Crippen LogP contribution in [0.25, 0.3) is 21.9 Å². The third kappa shape index (κ3) is 3.83. The number of nitrogens with zero attached hydrogens (tertiary/aromatic N) is 6. The normalized spacial score (nSPS) is 11.2. The van der Waals surface area contributed by atoms with Gasteiger partial charge in [-0.3, -0.25) is 4.79 Å². The van der Waals surface area contributed by atoms with Crippen LogP contribution in [0.1, 0.15) is 5.01 Å². The highest BCUT2D eigenvalue weighted by atomic mass is 32.1. The molecule has 0 bridgehead atoms. The standard InChI is InChI=1S/C19H17N7O4S2/c1-10-20-6-17(31-10)22-16(27)9-30-15-4-11(28-2)7-25-14(15)5-12(23-25)13-8-26-18(21-13)32-19(24-26)29-3/h4-8H,9H2,1-3H3,(H,22,27). The number of aryl methyl sites for hydroxylation is 1. The Bertz CT molecular complexity index is 1400. The number of pyridine rings is 1. The van der Waals surface area contributed by atoms with E-state index < -0.39 is 0 Å². The van der Waals surface area contributed by atoms with Crippen LogP contribution in [-0.4, -0.2) is 55.9 Å². The predicted octanol–water partition coefficient (Wildman–Crippen LogP) is 2.91. The average Bonchev–Trinajstić information content (AvgIpc) is 3.54. The van der Waals surface area contributed by atoms with Gasteiger partial charge in [0.15, 0.2) is 6.61 Å². The van der Waals surface area contributed by atoms with Gasteiger partial charge in [0.1, 0.15) is 33.4 Å². The molecule has 164 valence electrons. The van der Waals surface area contributed by atoms with E-state index >= 15 is 0 Å². The van der Waals surface area contributed by atoms with Gasteiger partial charge < -0.3 is 19.5 Å². The number of ether oxygens (including phenoxy) is 3. The molecule has 0 atom stereocenters. The first-order chi connectivity index (χ1) is 15.5. The van der Waals surface area contributed by atoms with Crippen LogP contribution in [0, 0.1) is 6.92 Å². The Hall–Kier alpha value is -3.71. The molecule has 0 fully saturated rings. The monoisotopic (exact) mass is 471 g/mol. The summed E-state index contributed by atoms with van der Waals surface area (Å²) in [6.07, 6.45) is 5.12. The van der Waals surface area contributed by atoms with Gasteiger partial charge in [-0.1, -0.05) is 0 Å². The van der Waals surface area contributed by atoms with E-state index in [0.717, 1.165) is 5.01 Å². The molecule has 0 spiro atoms. The van der Waals surface area contributed by atoms with Crippen molar-refractivity contribution in [1.29, 1.82) is 0 Å². The Kier molecular flexibility index (Phi) is 5.11. The molecule has 5 aromatic rings. The zero-order valence-electron chi connectivity index (χ0n) is 17.2. The van der Waals surface area contributed by atoms with Crippen LogP contribution in [0.3, 0.4) is 0 Å². The number of fused-ring (bicyclic) bond motifs is 2. The number of hydrogen-bond donors (Lipinski definition) is 1.